The molecule has 0 amide bonds. The summed E-state index contributed by atoms with van der Waals surface area (Å²) in [5, 5.41) is 3.69. The van der Waals surface area contributed by atoms with Crippen LogP contribution in [0.4, 0.5) is 0 Å². The van der Waals surface area contributed by atoms with Crippen molar-refractivity contribution in [1.82, 2.24) is 10.3 Å². The molecule has 5 nitrogen and oxygen atoms in total. The highest BCUT2D eigenvalue weighted by Crippen LogP contribution is 2.45. The van der Waals surface area contributed by atoms with E-state index in [0.717, 1.165) is 29.4 Å². The number of ether oxygens (including phenoxy) is 2. The van der Waals surface area contributed by atoms with Gasteiger partial charge in [0, 0.05) is 29.2 Å². The smallest absolute Gasteiger partial charge is 0.331 e. The Kier molecular flexibility index (Phi) is 5.04. The Balaban J connectivity index is 1.85. The molecule has 1 saturated carbocycles. The summed E-state index contributed by atoms with van der Waals surface area (Å²) >= 11 is 3.42. The van der Waals surface area contributed by atoms with E-state index < -0.39 is 5.60 Å². The molecule has 2 heterocycles. The van der Waals surface area contributed by atoms with E-state index in [9.17, 15) is 4.79 Å². The molecule has 1 spiro atoms. The summed E-state index contributed by atoms with van der Waals surface area (Å²) in [7, 11) is 1.38. The fourth-order valence-electron chi connectivity index (χ4n) is 3.84. The largest absolute Gasteiger partial charge is 0.467 e. The van der Waals surface area contributed by atoms with E-state index in [4.69, 9.17) is 9.47 Å². The first-order valence-corrected chi connectivity index (χ1v) is 8.95. The summed E-state index contributed by atoms with van der Waals surface area (Å²) in [6, 6.07) is 3.95. The lowest BCUT2D eigenvalue weighted by Crippen LogP contribution is -2.41. The molecule has 126 valence electrons. The van der Waals surface area contributed by atoms with Crippen LogP contribution in [0.25, 0.3) is 0 Å². The number of halogens is 1. The van der Waals surface area contributed by atoms with Gasteiger partial charge in [0.2, 0.25) is 0 Å². The van der Waals surface area contributed by atoms with Crippen LogP contribution in [0.15, 0.2) is 22.8 Å². The first-order valence-electron chi connectivity index (χ1n) is 8.15. The standard InChI is InChI=1S/C17H23BrN2O3/c1-22-15(21)10-23-17(14-6-5-13(18)9-19-14)11-16(20-12-17)7-3-2-4-8-16/h5-6,9,20H,2-4,7-8,10-12H2,1H3. The average Bonchev–Trinajstić information content (AvgIpc) is 2.93. The Morgan fingerprint density at radius 3 is 2.78 bits per heavy atom. The molecule has 0 radical (unpaired) electrons. The maximum absolute atomic E-state index is 11.6. The van der Waals surface area contributed by atoms with E-state index in [0.29, 0.717) is 6.54 Å². The Morgan fingerprint density at radius 2 is 2.13 bits per heavy atom. The van der Waals surface area contributed by atoms with E-state index in [2.05, 4.69) is 26.2 Å². The molecule has 2 aliphatic rings. The van der Waals surface area contributed by atoms with Gasteiger partial charge in [-0.1, -0.05) is 19.3 Å². The zero-order valence-corrected chi connectivity index (χ0v) is 15.0. The van der Waals surface area contributed by atoms with Crippen LogP contribution >= 0.6 is 15.9 Å². The number of esters is 1. The molecule has 1 aliphatic heterocycles. The first kappa shape index (κ1) is 16.9. The maximum Gasteiger partial charge on any atom is 0.331 e. The van der Waals surface area contributed by atoms with Crippen molar-refractivity contribution in [2.45, 2.75) is 49.7 Å². The fraction of sp³-hybridized carbons (Fsp3) is 0.647. The number of aromatic nitrogens is 1. The summed E-state index contributed by atoms with van der Waals surface area (Å²) in [5.41, 5.74) is 0.426. The number of rotatable bonds is 4. The second kappa shape index (κ2) is 6.87. The van der Waals surface area contributed by atoms with Gasteiger partial charge in [-0.05, 0) is 40.9 Å². The maximum atomic E-state index is 11.6. The molecule has 1 unspecified atom stereocenters. The minimum absolute atomic E-state index is 0.0496. The number of hydrogen-bond acceptors (Lipinski definition) is 5. The number of nitrogens with one attached hydrogen (secondary N) is 1. The third kappa shape index (κ3) is 3.59. The second-order valence-electron chi connectivity index (χ2n) is 6.59. The van der Waals surface area contributed by atoms with Crippen LogP contribution in [0.3, 0.4) is 0 Å². The molecule has 1 saturated heterocycles. The summed E-state index contributed by atoms with van der Waals surface area (Å²) in [6.45, 7) is 0.630. The molecule has 1 aromatic heterocycles. The topological polar surface area (TPSA) is 60.5 Å². The van der Waals surface area contributed by atoms with Gasteiger partial charge in [0.25, 0.3) is 0 Å². The summed E-state index contributed by atoms with van der Waals surface area (Å²) in [5.74, 6) is -0.355. The molecule has 1 atom stereocenters. The second-order valence-corrected chi connectivity index (χ2v) is 7.51. The molecule has 6 heteroatoms. The van der Waals surface area contributed by atoms with Gasteiger partial charge >= 0.3 is 5.97 Å². The van der Waals surface area contributed by atoms with Gasteiger partial charge in [-0.15, -0.1) is 0 Å². The van der Waals surface area contributed by atoms with Gasteiger partial charge < -0.3 is 14.8 Å². The Bertz CT molecular complexity index is 557. The van der Waals surface area contributed by atoms with Crippen LogP contribution in [-0.2, 0) is 19.9 Å². The van der Waals surface area contributed by atoms with Crippen molar-refractivity contribution < 1.29 is 14.3 Å². The molecule has 2 fully saturated rings. The third-order valence-electron chi connectivity index (χ3n) is 5.07. The monoisotopic (exact) mass is 382 g/mol. The number of methoxy groups -OCH3 is 1. The predicted molar refractivity (Wildman–Crippen MR) is 90.0 cm³/mol. The van der Waals surface area contributed by atoms with Crippen molar-refractivity contribution in [1.29, 1.82) is 0 Å². The van der Waals surface area contributed by atoms with E-state index in [1.54, 1.807) is 6.20 Å². The number of carbonyl (C=O) groups excluding carboxylic acids is 1. The number of hydrogen-bond donors (Lipinski definition) is 1. The average molecular weight is 383 g/mol. The SMILES string of the molecule is COC(=O)COC1(c2ccc(Br)cn2)CNC2(CCCCC2)C1. The van der Waals surface area contributed by atoms with E-state index >= 15 is 0 Å². The van der Waals surface area contributed by atoms with Crippen molar-refractivity contribution in [3.05, 3.63) is 28.5 Å². The van der Waals surface area contributed by atoms with Crippen molar-refractivity contribution in [3.63, 3.8) is 0 Å². The van der Waals surface area contributed by atoms with Crippen molar-refractivity contribution >= 4 is 21.9 Å². The third-order valence-corrected chi connectivity index (χ3v) is 5.54. The lowest BCUT2D eigenvalue weighted by atomic mass is 9.77. The van der Waals surface area contributed by atoms with Crippen LogP contribution in [-0.4, -0.2) is 36.8 Å². The van der Waals surface area contributed by atoms with Gasteiger partial charge in [0.15, 0.2) is 0 Å². The van der Waals surface area contributed by atoms with Crippen molar-refractivity contribution in [2.75, 3.05) is 20.3 Å². The lowest BCUT2D eigenvalue weighted by Gasteiger charge is -2.35. The Labute approximate surface area is 145 Å². The molecule has 3 rings (SSSR count). The number of carbonyl (C=O) groups is 1. The van der Waals surface area contributed by atoms with Gasteiger partial charge in [0.1, 0.15) is 12.2 Å². The molecule has 1 aliphatic carbocycles. The van der Waals surface area contributed by atoms with Crippen LogP contribution in [0.2, 0.25) is 0 Å². The van der Waals surface area contributed by atoms with Gasteiger partial charge in [-0.2, -0.15) is 0 Å². The predicted octanol–water partition coefficient (Wildman–Crippen LogP) is 2.93. The van der Waals surface area contributed by atoms with Crippen LogP contribution < -0.4 is 5.32 Å². The van der Waals surface area contributed by atoms with Gasteiger partial charge in [0.05, 0.1) is 12.8 Å². The number of pyridine rings is 1. The quantitative estimate of drug-likeness (QED) is 0.811. The Hall–Kier alpha value is -0.980. The minimum Gasteiger partial charge on any atom is -0.467 e. The highest BCUT2D eigenvalue weighted by molar-refractivity contribution is 9.10. The van der Waals surface area contributed by atoms with Gasteiger partial charge in [-0.25, -0.2) is 4.79 Å². The van der Waals surface area contributed by atoms with Crippen LogP contribution in [0.5, 0.6) is 0 Å². The molecular formula is C17H23BrN2O3. The fourth-order valence-corrected chi connectivity index (χ4v) is 4.08. The highest BCUT2D eigenvalue weighted by Gasteiger charge is 2.51. The first-order chi connectivity index (χ1) is 11.1. The Morgan fingerprint density at radius 1 is 1.35 bits per heavy atom. The molecule has 1 N–H and O–H groups in total. The molecule has 0 aromatic carbocycles. The zero-order valence-electron chi connectivity index (χ0n) is 13.4. The number of nitrogens with zero attached hydrogens (tertiary/aromatic N) is 1. The van der Waals surface area contributed by atoms with E-state index in [1.807, 2.05) is 12.1 Å². The van der Waals surface area contributed by atoms with E-state index in [1.165, 1.54) is 26.4 Å². The molecule has 0 bridgehead atoms. The van der Waals surface area contributed by atoms with Crippen LogP contribution in [0.1, 0.15) is 44.2 Å². The van der Waals surface area contributed by atoms with Crippen LogP contribution in [0, 0.1) is 0 Å². The zero-order chi connectivity index (χ0) is 16.3. The van der Waals surface area contributed by atoms with E-state index in [-0.39, 0.29) is 18.1 Å². The minimum atomic E-state index is -0.563. The highest BCUT2D eigenvalue weighted by atomic mass is 79.9. The van der Waals surface area contributed by atoms with Crippen molar-refractivity contribution in [3.8, 4) is 0 Å². The summed E-state index contributed by atoms with van der Waals surface area (Å²) in [4.78, 5) is 16.1. The summed E-state index contributed by atoms with van der Waals surface area (Å²) in [6.07, 6.45) is 8.74. The normalized spacial score (nSPS) is 26.3. The van der Waals surface area contributed by atoms with Crippen molar-refractivity contribution in [2.24, 2.45) is 0 Å². The molecule has 1 aromatic rings. The van der Waals surface area contributed by atoms with Gasteiger partial charge in [-0.3, -0.25) is 4.98 Å². The molecule has 23 heavy (non-hydrogen) atoms. The lowest BCUT2D eigenvalue weighted by molar-refractivity contribution is -0.153. The summed E-state index contributed by atoms with van der Waals surface area (Å²) < 4.78 is 11.7. The molecular weight excluding hydrogens is 360 g/mol.